The number of aliphatic carboxylic acids is 2. The summed E-state index contributed by atoms with van der Waals surface area (Å²) >= 11 is 0. The molecule has 0 aliphatic carbocycles. The van der Waals surface area contributed by atoms with E-state index in [4.69, 9.17) is 19.8 Å². The lowest BCUT2D eigenvalue weighted by Gasteiger charge is -2.39. The number of alkyl halides is 6. The highest BCUT2D eigenvalue weighted by Gasteiger charge is 2.39. The van der Waals surface area contributed by atoms with E-state index >= 15 is 0 Å². The number of carboxylic acid groups (broad SMARTS) is 2. The molecule has 2 amide bonds. The van der Waals surface area contributed by atoms with Crippen molar-refractivity contribution in [2.45, 2.75) is 45.6 Å². The second-order valence-electron chi connectivity index (χ2n) is 8.90. The number of amides is 2. The van der Waals surface area contributed by atoms with Crippen molar-refractivity contribution in [1.82, 2.24) is 15.1 Å². The molecular weight excluding hydrogens is 554 g/mol. The molecule has 16 heteroatoms. The standard InChI is InChI=1S/C20H30N4O2.2C2HF3O2/c1-4-22-8-7-21-20(26)18(22)14-19(25)24-11-9-23(10-12-24)17-13-15(2)5-6-16(17)3;2*3-2(4,5)1(6)7/h5-6,13,18H,4,7-12,14H2,1-3H3,(H,21,26);2*(H,6,7). The van der Waals surface area contributed by atoms with Crippen molar-refractivity contribution in [3.05, 3.63) is 29.3 Å². The lowest BCUT2D eigenvalue weighted by molar-refractivity contribution is -0.193. The second-order valence-corrected chi connectivity index (χ2v) is 8.90. The number of nitrogens with one attached hydrogen (secondary N) is 1. The Hall–Kier alpha value is -3.56. The molecular formula is C24H32F6N4O6. The summed E-state index contributed by atoms with van der Waals surface area (Å²) in [6, 6.07) is 6.19. The van der Waals surface area contributed by atoms with Crippen LogP contribution in [0.4, 0.5) is 32.0 Å². The summed E-state index contributed by atoms with van der Waals surface area (Å²) in [5.41, 5.74) is 3.79. The largest absolute Gasteiger partial charge is 0.490 e. The van der Waals surface area contributed by atoms with Gasteiger partial charge in [-0.1, -0.05) is 19.1 Å². The molecule has 226 valence electrons. The van der Waals surface area contributed by atoms with E-state index in [0.717, 1.165) is 26.2 Å². The minimum Gasteiger partial charge on any atom is -0.475 e. The fraction of sp³-hybridized carbons (Fsp3) is 0.583. The Balaban J connectivity index is 0.000000473. The Bertz CT molecular complexity index is 1020. The van der Waals surface area contributed by atoms with Gasteiger partial charge in [0, 0.05) is 45.0 Å². The predicted molar refractivity (Wildman–Crippen MR) is 131 cm³/mol. The van der Waals surface area contributed by atoms with E-state index in [1.54, 1.807) is 0 Å². The third-order valence-electron chi connectivity index (χ3n) is 6.04. The van der Waals surface area contributed by atoms with E-state index in [1.165, 1.54) is 16.8 Å². The second kappa shape index (κ2) is 14.7. The molecule has 0 radical (unpaired) electrons. The zero-order valence-electron chi connectivity index (χ0n) is 22.1. The van der Waals surface area contributed by atoms with Gasteiger partial charge in [0.15, 0.2) is 0 Å². The summed E-state index contributed by atoms with van der Waals surface area (Å²) in [5.74, 6) is -5.44. The third-order valence-corrected chi connectivity index (χ3v) is 6.04. The monoisotopic (exact) mass is 586 g/mol. The first-order valence-electron chi connectivity index (χ1n) is 12.1. The van der Waals surface area contributed by atoms with Crippen LogP contribution >= 0.6 is 0 Å². The molecule has 2 saturated heterocycles. The van der Waals surface area contributed by atoms with Crippen molar-refractivity contribution in [1.29, 1.82) is 0 Å². The lowest BCUT2D eigenvalue weighted by atomic mass is 10.1. The fourth-order valence-corrected chi connectivity index (χ4v) is 3.91. The number of carboxylic acids is 2. The van der Waals surface area contributed by atoms with Crippen molar-refractivity contribution in [3.8, 4) is 0 Å². The van der Waals surface area contributed by atoms with E-state index in [9.17, 15) is 35.9 Å². The molecule has 10 nitrogen and oxygen atoms in total. The normalized spacial score (nSPS) is 18.0. The van der Waals surface area contributed by atoms with Crippen LogP contribution in [0.15, 0.2) is 18.2 Å². The lowest BCUT2D eigenvalue weighted by Crippen LogP contribution is -2.57. The number of piperazine rings is 2. The molecule has 2 aliphatic rings. The zero-order valence-corrected chi connectivity index (χ0v) is 22.1. The summed E-state index contributed by atoms with van der Waals surface area (Å²) in [7, 11) is 0. The van der Waals surface area contributed by atoms with Gasteiger partial charge in [0.25, 0.3) is 0 Å². The Morgan fingerprint density at radius 1 is 0.925 bits per heavy atom. The number of carbonyl (C=O) groups excluding carboxylic acids is 2. The van der Waals surface area contributed by atoms with Crippen LogP contribution in [0.3, 0.4) is 0 Å². The van der Waals surface area contributed by atoms with Crippen LogP contribution in [0.1, 0.15) is 24.5 Å². The van der Waals surface area contributed by atoms with E-state index in [0.29, 0.717) is 19.6 Å². The van der Waals surface area contributed by atoms with Crippen LogP contribution in [0.2, 0.25) is 0 Å². The van der Waals surface area contributed by atoms with Crippen molar-refractivity contribution in [3.63, 3.8) is 0 Å². The van der Waals surface area contributed by atoms with Gasteiger partial charge in [0.05, 0.1) is 12.5 Å². The van der Waals surface area contributed by atoms with Crippen LogP contribution in [0, 0.1) is 13.8 Å². The molecule has 1 aromatic carbocycles. The molecule has 2 fully saturated rings. The average molecular weight is 587 g/mol. The van der Waals surface area contributed by atoms with Gasteiger partial charge in [-0.15, -0.1) is 0 Å². The van der Waals surface area contributed by atoms with Crippen LogP contribution in [0.5, 0.6) is 0 Å². The van der Waals surface area contributed by atoms with Gasteiger partial charge in [0.1, 0.15) is 0 Å². The van der Waals surface area contributed by atoms with E-state index in [-0.39, 0.29) is 24.3 Å². The molecule has 2 aliphatic heterocycles. The Labute approximate surface area is 226 Å². The fourth-order valence-electron chi connectivity index (χ4n) is 3.91. The number of aryl methyl sites for hydroxylation is 2. The van der Waals surface area contributed by atoms with Crippen molar-refractivity contribution >= 4 is 29.4 Å². The number of anilines is 1. The van der Waals surface area contributed by atoms with Gasteiger partial charge < -0.3 is 25.3 Å². The predicted octanol–water partition coefficient (Wildman–Crippen LogP) is 2.43. The van der Waals surface area contributed by atoms with Gasteiger partial charge in [-0.2, -0.15) is 26.3 Å². The number of nitrogens with zero attached hydrogens (tertiary/aromatic N) is 3. The topological polar surface area (TPSA) is 130 Å². The summed E-state index contributed by atoms with van der Waals surface area (Å²) < 4.78 is 63.5. The van der Waals surface area contributed by atoms with Gasteiger partial charge >= 0.3 is 24.3 Å². The van der Waals surface area contributed by atoms with Crippen LogP contribution < -0.4 is 10.2 Å². The van der Waals surface area contributed by atoms with E-state index in [2.05, 4.69) is 47.2 Å². The summed E-state index contributed by atoms with van der Waals surface area (Å²) in [4.78, 5) is 49.1. The Morgan fingerprint density at radius 2 is 1.43 bits per heavy atom. The Kier molecular flexibility index (Phi) is 12.7. The minimum atomic E-state index is -5.08. The molecule has 0 spiro atoms. The van der Waals surface area contributed by atoms with Crippen LogP contribution in [0.25, 0.3) is 0 Å². The molecule has 0 bridgehead atoms. The highest BCUT2D eigenvalue weighted by molar-refractivity contribution is 5.89. The zero-order chi connectivity index (χ0) is 30.8. The van der Waals surface area contributed by atoms with Gasteiger partial charge in [0.2, 0.25) is 11.8 Å². The number of halogens is 6. The highest BCUT2D eigenvalue weighted by atomic mass is 19.4. The number of likely N-dealkylation sites (N-methyl/N-ethyl adjacent to an activating group) is 1. The van der Waals surface area contributed by atoms with Crippen molar-refractivity contribution < 1.29 is 55.7 Å². The van der Waals surface area contributed by atoms with Crippen molar-refractivity contribution in [2.75, 3.05) is 50.7 Å². The number of hydrogen-bond donors (Lipinski definition) is 3. The third kappa shape index (κ3) is 10.9. The van der Waals surface area contributed by atoms with Gasteiger partial charge in [-0.05, 0) is 37.6 Å². The van der Waals surface area contributed by atoms with E-state index < -0.39 is 24.3 Å². The molecule has 1 unspecified atom stereocenters. The molecule has 1 aromatic rings. The molecule has 1 atom stereocenters. The Morgan fingerprint density at radius 3 is 1.88 bits per heavy atom. The van der Waals surface area contributed by atoms with Crippen molar-refractivity contribution in [2.24, 2.45) is 0 Å². The summed E-state index contributed by atoms with van der Waals surface area (Å²) in [6.07, 6.45) is -9.89. The minimum absolute atomic E-state index is 0.0135. The van der Waals surface area contributed by atoms with Crippen LogP contribution in [-0.2, 0) is 19.2 Å². The number of benzene rings is 1. The molecule has 3 N–H and O–H groups in total. The summed E-state index contributed by atoms with van der Waals surface area (Å²) in [6.45, 7) is 11.7. The molecule has 0 aromatic heterocycles. The average Bonchev–Trinajstić information content (AvgIpc) is 2.86. The first-order valence-corrected chi connectivity index (χ1v) is 12.1. The maximum absolute atomic E-state index is 12.7. The van der Waals surface area contributed by atoms with Gasteiger partial charge in [-0.3, -0.25) is 14.5 Å². The highest BCUT2D eigenvalue weighted by Crippen LogP contribution is 2.23. The van der Waals surface area contributed by atoms with Crippen LogP contribution in [-0.4, -0.2) is 108 Å². The SMILES string of the molecule is CCN1CCNC(=O)C1CC(=O)N1CCN(c2cc(C)ccc2C)CC1.O=C(O)C(F)(F)F.O=C(O)C(F)(F)F. The maximum atomic E-state index is 12.7. The first-order chi connectivity index (χ1) is 18.4. The number of carbonyl (C=O) groups is 4. The molecule has 3 rings (SSSR count). The number of rotatable bonds is 4. The maximum Gasteiger partial charge on any atom is 0.490 e. The molecule has 2 heterocycles. The quantitative estimate of drug-likeness (QED) is 0.459. The summed E-state index contributed by atoms with van der Waals surface area (Å²) in [5, 5.41) is 17.1. The van der Waals surface area contributed by atoms with E-state index in [1.807, 2.05) is 11.8 Å². The smallest absolute Gasteiger partial charge is 0.475 e. The first kappa shape index (κ1) is 34.5. The molecule has 40 heavy (non-hydrogen) atoms. The molecule has 0 saturated carbocycles. The van der Waals surface area contributed by atoms with Gasteiger partial charge in [-0.25, -0.2) is 9.59 Å². The number of hydrogen-bond acceptors (Lipinski definition) is 6.